The molecular weight excluding hydrogens is 308 g/mol. The second-order valence-electron chi connectivity index (χ2n) is 6.37. The average molecular weight is 334 g/mol. The van der Waals surface area contributed by atoms with Gasteiger partial charge in [0.05, 0.1) is 20.3 Å². The van der Waals surface area contributed by atoms with Crippen molar-refractivity contribution in [1.82, 2.24) is 10.2 Å². The quantitative estimate of drug-likeness (QED) is 0.897. The van der Waals surface area contributed by atoms with Crippen molar-refractivity contribution in [2.45, 2.75) is 32.4 Å². The maximum Gasteiger partial charge on any atom is 0.407 e. The van der Waals surface area contributed by atoms with Crippen molar-refractivity contribution in [2.75, 3.05) is 26.8 Å². The fourth-order valence-corrected chi connectivity index (χ4v) is 2.83. The Morgan fingerprint density at radius 2 is 2.04 bits per heavy atom. The summed E-state index contributed by atoms with van der Waals surface area (Å²) in [5.41, 5.74) is 1.05. The summed E-state index contributed by atoms with van der Waals surface area (Å²) >= 11 is 0. The van der Waals surface area contributed by atoms with Crippen molar-refractivity contribution in [3.05, 3.63) is 35.9 Å². The highest BCUT2D eigenvalue weighted by Crippen LogP contribution is 2.23. The first-order valence-corrected chi connectivity index (χ1v) is 8.31. The maximum absolute atomic E-state index is 12.9. The largest absolute Gasteiger partial charge is 0.453 e. The number of rotatable bonds is 5. The molecule has 2 rings (SSSR count). The van der Waals surface area contributed by atoms with Gasteiger partial charge in [0, 0.05) is 6.54 Å². The second kappa shape index (κ2) is 8.68. The molecule has 0 radical (unpaired) electrons. The molecule has 1 fully saturated rings. The van der Waals surface area contributed by atoms with E-state index in [0.29, 0.717) is 26.1 Å². The molecule has 1 aliphatic rings. The zero-order valence-electron chi connectivity index (χ0n) is 14.5. The van der Waals surface area contributed by atoms with Gasteiger partial charge in [-0.25, -0.2) is 4.79 Å². The first-order chi connectivity index (χ1) is 11.5. The van der Waals surface area contributed by atoms with E-state index in [2.05, 4.69) is 10.1 Å². The molecule has 1 aromatic carbocycles. The van der Waals surface area contributed by atoms with Gasteiger partial charge in [0.25, 0.3) is 0 Å². The molecule has 1 heterocycles. The van der Waals surface area contributed by atoms with Gasteiger partial charge in [0.1, 0.15) is 12.1 Å². The summed E-state index contributed by atoms with van der Waals surface area (Å²) in [4.78, 5) is 26.2. The molecule has 1 aromatic rings. The summed E-state index contributed by atoms with van der Waals surface area (Å²) in [5.74, 6) is 0.195. The molecule has 2 atom stereocenters. The molecule has 0 saturated carbocycles. The number of nitrogens with one attached hydrogen (secondary N) is 1. The van der Waals surface area contributed by atoms with Gasteiger partial charge >= 0.3 is 6.09 Å². The molecule has 1 N–H and O–H groups in total. The fourth-order valence-electron chi connectivity index (χ4n) is 2.83. The van der Waals surface area contributed by atoms with Gasteiger partial charge in [-0.3, -0.25) is 4.79 Å². The zero-order valence-corrected chi connectivity index (χ0v) is 14.5. The number of carbonyl (C=O) groups excluding carboxylic acids is 2. The minimum Gasteiger partial charge on any atom is -0.453 e. The van der Waals surface area contributed by atoms with E-state index >= 15 is 0 Å². The summed E-state index contributed by atoms with van der Waals surface area (Å²) in [5, 5.41) is 2.66. The number of carbonyl (C=O) groups is 2. The predicted octanol–water partition coefficient (Wildman–Crippen LogP) is 2.36. The van der Waals surface area contributed by atoms with Gasteiger partial charge in [0.15, 0.2) is 0 Å². The van der Waals surface area contributed by atoms with Crippen LogP contribution in [0.15, 0.2) is 30.3 Å². The highest BCUT2D eigenvalue weighted by molar-refractivity contribution is 5.85. The summed E-state index contributed by atoms with van der Waals surface area (Å²) < 4.78 is 10.4. The fraction of sp³-hybridized carbons (Fsp3) is 0.556. The van der Waals surface area contributed by atoms with Crippen LogP contribution in [0.4, 0.5) is 4.79 Å². The monoisotopic (exact) mass is 334 g/mol. The van der Waals surface area contributed by atoms with E-state index in [4.69, 9.17) is 4.74 Å². The molecule has 6 heteroatoms. The lowest BCUT2D eigenvalue weighted by Gasteiger charge is -2.35. The van der Waals surface area contributed by atoms with Crippen molar-refractivity contribution < 1.29 is 19.1 Å². The smallest absolute Gasteiger partial charge is 0.407 e. The van der Waals surface area contributed by atoms with Crippen molar-refractivity contribution >= 4 is 12.0 Å². The van der Waals surface area contributed by atoms with Crippen molar-refractivity contribution in [3.8, 4) is 0 Å². The minimum atomic E-state index is -0.582. The molecule has 24 heavy (non-hydrogen) atoms. The number of benzene rings is 1. The zero-order chi connectivity index (χ0) is 17.5. The summed E-state index contributed by atoms with van der Waals surface area (Å²) in [6.07, 6.45) is -0.148. The van der Waals surface area contributed by atoms with E-state index in [1.165, 1.54) is 7.11 Å². The van der Waals surface area contributed by atoms with Crippen LogP contribution in [-0.2, 0) is 14.3 Å². The van der Waals surface area contributed by atoms with Gasteiger partial charge in [0.2, 0.25) is 5.91 Å². The van der Waals surface area contributed by atoms with Crippen molar-refractivity contribution in [3.63, 3.8) is 0 Å². The summed E-state index contributed by atoms with van der Waals surface area (Å²) in [6, 6.07) is 9.29. The Balaban J connectivity index is 2.06. The number of nitrogens with zero attached hydrogens (tertiary/aromatic N) is 1. The highest BCUT2D eigenvalue weighted by atomic mass is 16.5. The number of ether oxygens (including phenoxy) is 2. The molecule has 6 nitrogen and oxygen atoms in total. The van der Waals surface area contributed by atoms with Gasteiger partial charge in [-0.1, -0.05) is 44.2 Å². The molecule has 0 unspecified atom stereocenters. The van der Waals surface area contributed by atoms with Crippen molar-refractivity contribution in [2.24, 2.45) is 5.92 Å². The average Bonchev–Trinajstić information content (AvgIpc) is 2.61. The number of hydrogen-bond donors (Lipinski definition) is 1. The standard InChI is InChI=1S/C18H26N2O4/c1-13(2)11-15(19-18(22)23-3)17(21)20-9-10-24-16(12-20)14-7-5-4-6-8-14/h4-8,13,15-16H,9-12H2,1-3H3,(H,19,22)/t15-,16+/m0/s1. The van der Waals surface area contributed by atoms with Crippen molar-refractivity contribution in [1.29, 1.82) is 0 Å². The second-order valence-corrected chi connectivity index (χ2v) is 6.37. The summed E-state index contributed by atoms with van der Waals surface area (Å²) in [6.45, 7) is 5.54. The van der Waals surface area contributed by atoms with Crippen LogP contribution < -0.4 is 5.32 Å². The maximum atomic E-state index is 12.9. The van der Waals surface area contributed by atoms with E-state index in [1.54, 1.807) is 4.90 Å². The van der Waals surface area contributed by atoms with Gasteiger partial charge in [-0.15, -0.1) is 0 Å². The normalized spacial score (nSPS) is 19.0. The van der Waals surface area contributed by atoms with E-state index in [1.807, 2.05) is 44.2 Å². The highest BCUT2D eigenvalue weighted by Gasteiger charge is 2.31. The van der Waals surface area contributed by atoms with Crippen LogP contribution in [0, 0.1) is 5.92 Å². The van der Waals surface area contributed by atoms with Crippen LogP contribution in [-0.4, -0.2) is 49.7 Å². The van der Waals surface area contributed by atoms with Gasteiger partial charge in [-0.2, -0.15) is 0 Å². The van der Waals surface area contributed by atoms with E-state index in [-0.39, 0.29) is 17.9 Å². The molecule has 1 saturated heterocycles. The summed E-state index contributed by atoms with van der Waals surface area (Å²) in [7, 11) is 1.30. The van der Waals surface area contributed by atoms with Crippen LogP contribution >= 0.6 is 0 Å². The topological polar surface area (TPSA) is 67.9 Å². The lowest BCUT2D eigenvalue weighted by molar-refractivity contribution is -0.141. The van der Waals surface area contributed by atoms with E-state index < -0.39 is 12.1 Å². The SMILES string of the molecule is COC(=O)N[C@@H](CC(C)C)C(=O)N1CCO[C@@H](c2ccccc2)C1. The van der Waals surface area contributed by atoms with E-state index in [9.17, 15) is 9.59 Å². The minimum absolute atomic E-state index is 0.0849. The Hall–Kier alpha value is -2.08. The lowest BCUT2D eigenvalue weighted by Crippen LogP contribution is -2.52. The number of alkyl carbamates (subject to hydrolysis) is 1. The van der Waals surface area contributed by atoms with Crippen LogP contribution in [0.1, 0.15) is 31.9 Å². The number of amides is 2. The Labute approximate surface area is 143 Å². The molecule has 132 valence electrons. The van der Waals surface area contributed by atoms with Gasteiger partial charge in [-0.05, 0) is 17.9 Å². The van der Waals surface area contributed by atoms with Crippen LogP contribution in [0.2, 0.25) is 0 Å². The third kappa shape index (κ3) is 4.96. The number of hydrogen-bond acceptors (Lipinski definition) is 4. The molecule has 0 bridgehead atoms. The first-order valence-electron chi connectivity index (χ1n) is 8.31. The predicted molar refractivity (Wildman–Crippen MR) is 90.5 cm³/mol. The lowest BCUT2D eigenvalue weighted by atomic mass is 10.0. The van der Waals surface area contributed by atoms with Crippen LogP contribution in [0.3, 0.4) is 0 Å². The number of methoxy groups -OCH3 is 1. The van der Waals surface area contributed by atoms with Crippen LogP contribution in [0.25, 0.3) is 0 Å². The molecule has 0 spiro atoms. The molecule has 2 amide bonds. The number of morpholine rings is 1. The van der Waals surface area contributed by atoms with Crippen LogP contribution in [0.5, 0.6) is 0 Å². The Morgan fingerprint density at radius 1 is 1.33 bits per heavy atom. The third-order valence-corrected chi connectivity index (χ3v) is 4.03. The Morgan fingerprint density at radius 3 is 2.67 bits per heavy atom. The molecule has 1 aliphatic heterocycles. The third-order valence-electron chi connectivity index (χ3n) is 4.03. The molecular formula is C18H26N2O4. The Kier molecular flexibility index (Phi) is 6.61. The van der Waals surface area contributed by atoms with E-state index in [0.717, 1.165) is 5.56 Å². The first kappa shape index (κ1) is 18.3. The molecule has 0 aromatic heterocycles. The van der Waals surface area contributed by atoms with Gasteiger partial charge < -0.3 is 19.7 Å². The Bertz CT molecular complexity index is 547. The molecule has 0 aliphatic carbocycles.